The van der Waals surface area contributed by atoms with E-state index in [0.717, 1.165) is 10.9 Å². The molecule has 2 rings (SSSR count). The Bertz CT molecular complexity index is 634. The summed E-state index contributed by atoms with van der Waals surface area (Å²) in [5.74, 6) is -0.0447. The second kappa shape index (κ2) is 10.9. The highest BCUT2D eigenvalue weighted by Gasteiger charge is 2.17. The van der Waals surface area contributed by atoms with E-state index in [1.165, 1.54) is 19.8 Å². The second-order valence-corrected chi connectivity index (χ2v) is 5.48. The lowest BCUT2D eigenvalue weighted by Crippen LogP contribution is -2.24. The average Bonchev–Trinajstić information content (AvgIpc) is 2.64. The first-order valence-corrected chi connectivity index (χ1v) is 8.46. The van der Waals surface area contributed by atoms with Crippen molar-refractivity contribution in [2.75, 3.05) is 14.2 Å². The van der Waals surface area contributed by atoms with E-state index < -0.39 is 6.29 Å². The van der Waals surface area contributed by atoms with Gasteiger partial charge in [-0.05, 0) is 12.5 Å². The van der Waals surface area contributed by atoms with Gasteiger partial charge in [-0.1, -0.05) is 70.5 Å². The van der Waals surface area contributed by atoms with Gasteiger partial charge in [-0.15, -0.1) is 0 Å². The number of hydrogen-bond donors (Lipinski definition) is 0. The molecule has 0 aliphatic heterocycles. The summed E-state index contributed by atoms with van der Waals surface area (Å²) in [6.45, 7) is 1.57. The Kier molecular flexibility index (Phi) is 9.15. The van der Waals surface area contributed by atoms with Crippen molar-refractivity contribution in [1.29, 1.82) is 0 Å². The predicted molar refractivity (Wildman–Crippen MR) is 97.7 cm³/mol. The number of benzene rings is 2. The van der Waals surface area contributed by atoms with E-state index >= 15 is 0 Å². The summed E-state index contributed by atoms with van der Waals surface area (Å²) < 4.78 is 9.69. The van der Waals surface area contributed by atoms with Crippen LogP contribution < -0.4 is 0 Å². The van der Waals surface area contributed by atoms with Gasteiger partial charge in [0.15, 0.2) is 5.78 Å². The molecule has 4 nitrogen and oxygen atoms in total. The number of hydrogen-bond acceptors (Lipinski definition) is 4. The molecule has 2 aromatic rings. The minimum absolute atomic E-state index is 0.117. The van der Waals surface area contributed by atoms with Gasteiger partial charge in [0, 0.05) is 30.7 Å². The van der Waals surface area contributed by atoms with E-state index in [2.05, 4.69) is 15.9 Å². The molecule has 0 bridgehead atoms. The lowest BCUT2D eigenvalue weighted by Gasteiger charge is -2.11. The van der Waals surface area contributed by atoms with Crippen molar-refractivity contribution in [3.63, 3.8) is 0 Å². The van der Waals surface area contributed by atoms with E-state index in [1.807, 2.05) is 30.3 Å². The highest BCUT2D eigenvalue weighted by atomic mass is 79.9. The fraction of sp³-hybridized carbons (Fsp3) is 0.263. The van der Waals surface area contributed by atoms with Crippen LogP contribution in [-0.2, 0) is 14.8 Å². The van der Waals surface area contributed by atoms with E-state index in [4.69, 9.17) is 9.47 Å². The van der Waals surface area contributed by atoms with Crippen LogP contribution in [0.25, 0.3) is 0 Å². The molecule has 0 atom stereocenters. The number of methoxy groups -OCH3 is 2. The molecule has 0 N–H and O–H groups in total. The van der Waals surface area contributed by atoms with Crippen LogP contribution in [0.5, 0.6) is 0 Å². The highest BCUT2D eigenvalue weighted by Crippen LogP contribution is 2.08. The van der Waals surface area contributed by atoms with Crippen LogP contribution in [0.4, 0.5) is 0 Å². The van der Waals surface area contributed by atoms with E-state index in [-0.39, 0.29) is 11.6 Å². The zero-order valence-electron chi connectivity index (χ0n) is 14.0. The largest absolute Gasteiger partial charge is 0.349 e. The molecule has 0 unspecified atom stereocenters. The van der Waals surface area contributed by atoms with Gasteiger partial charge in [0.2, 0.25) is 12.1 Å². The fourth-order valence-corrected chi connectivity index (χ4v) is 2.25. The summed E-state index contributed by atoms with van der Waals surface area (Å²) in [6, 6.07) is 16.5. The monoisotopic (exact) mass is 392 g/mol. The Morgan fingerprint density at radius 2 is 1.46 bits per heavy atom. The lowest BCUT2D eigenvalue weighted by atomic mass is 10.1. The summed E-state index contributed by atoms with van der Waals surface area (Å²) in [7, 11) is 2.88. The second-order valence-electron chi connectivity index (χ2n) is 4.92. The molecule has 0 aliphatic rings. The molecule has 0 fully saturated rings. The van der Waals surface area contributed by atoms with E-state index in [0.29, 0.717) is 5.56 Å². The molecule has 24 heavy (non-hydrogen) atoms. The molecule has 0 saturated carbocycles. The minimum Gasteiger partial charge on any atom is -0.349 e. The molecule has 0 radical (unpaired) electrons. The van der Waals surface area contributed by atoms with Crippen LogP contribution in [0.1, 0.15) is 33.2 Å². The van der Waals surface area contributed by atoms with Gasteiger partial charge in [-0.25, -0.2) is 0 Å². The first kappa shape index (κ1) is 20.2. The van der Waals surface area contributed by atoms with Gasteiger partial charge >= 0.3 is 0 Å². The van der Waals surface area contributed by atoms with Crippen LogP contribution in [0.15, 0.2) is 54.6 Å². The maximum atomic E-state index is 11.6. The van der Waals surface area contributed by atoms with Gasteiger partial charge in [-0.3, -0.25) is 9.59 Å². The van der Waals surface area contributed by atoms with Crippen LogP contribution in [0, 0.1) is 0 Å². The molecular formula is C19H21BrO4. The van der Waals surface area contributed by atoms with E-state index in [1.54, 1.807) is 31.2 Å². The third-order valence-corrected chi connectivity index (χ3v) is 3.86. The lowest BCUT2D eigenvalue weighted by molar-refractivity contribution is -0.0742. The van der Waals surface area contributed by atoms with Gasteiger partial charge in [-0.2, -0.15) is 0 Å². The number of halogens is 1. The Morgan fingerprint density at radius 3 is 1.88 bits per heavy atom. The SMILES string of the molecule is CC(=O)c1ccc(CBr)cc1.COC(OC)C(=O)c1ccccc1. The number of carbonyl (C=O) groups is 2. The van der Waals surface area contributed by atoms with Crippen LogP contribution in [0.3, 0.4) is 0 Å². The molecular weight excluding hydrogens is 372 g/mol. The Balaban J connectivity index is 0.000000243. The third-order valence-electron chi connectivity index (χ3n) is 3.22. The summed E-state index contributed by atoms with van der Waals surface area (Å²) in [5.41, 5.74) is 2.56. The van der Waals surface area contributed by atoms with Crippen molar-refractivity contribution >= 4 is 27.5 Å². The fourth-order valence-electron chi connectivity index (χ4n) is 1.88. The molecule has 0 heterocycles. The zero-order chi connectivity index (χ0) is 17.9. The molecule has 0 aromatic heterocycles. The van der Waals surface area contributed by atoms with Crippen molar-refractivity contribution in [2.24, 2.45) is 0 Å². The van der Waals surface area contributed by atoms with Crippen LogP contribution >= 0.6 is 15.9 Å². The zero-order valence-corrected chi connectivity index (χ0v) is 15.6. The van der Waals surface area contributed by atoms with Crippen molar-refractivity contribution in [3.05, 3.63) is 71.3 Å². The predicted octanol–water partition coefficient (Wildman–Crippen LogP) is 4.27. The third kappa shape index (κ3) is 6.35. The van der Waals surface area contributed by atoms with Gasteiger partial charge in [0.25, 0.3) is 0 Å². The maximum absolute atomic E-state index is 11.6. The van der Waals surface area contributed by atoms with Crippen molar-refractivity contribution in [1.82, 2.24) is 0 Å². The van der Waals surface area contributed by atoms with Gasteiger partial charge in [0.1, 0.15) is 0 Å². The molecule has 0 spiro atoms. The van der Waals surface area contributed by atoms with Crippen molar-refractivity contribution in [2.45, 2.75) is 18.5 Å². The first-order valence-electron chi connectivity index (χ1n) is 7.34. The first-order chi connectivity index (χ1) is 11.5. The summed E-state index contributed by atoms with van der Waals surface area (Å²) in [4.78, 5) is 22.4. The molecule has 0 saturated heterocycles. The molecule has 128 valence electrons. The number of ether oxygens (including phenoxy) is 2. The number of carbonyl (C=O) groups excluding carboxylic acids is 2. The molecule has 0 amide bonds. The summed E-state index contributed by atoms with van der Waals surface area (Å²) in [6.07, 6.45) is -0.803. The van der Waals surface area contributed by atoms with Gasteiger partial charge in [0.05, 0.1) is 0 Å². The normalized spacial score (nSPS) is 10.0. The molecule has 2 aromatic carbocycles. The smallest absolute Gasteiger partial charge is 0.222 e. The Morgan fingerprint density at radius 1 is 0.917 bits per heavy atom. The van der Waals surface area contributed by atoms with E-state index in [9.17, 15) is 9.59 Å². The number of Topliss-reactive ketones (excluding diaryl/α,β-unsaturated/α-hetero) is 2. The number of rotatable bonds is 6. The number of alkyl halides is 1. The van der Waals surface area contributed by atoms with Crippen molar-refractivity contribution < 1.29 is 19.1 Å². The minimum atomic E-state index is -0.803. The summed E-state index contributed by atoms with van der Waals surface area (Å²) >= 11 is 3.33. The topological polar surface area (TPSA) is 52.6 Å². The Labute approximate surface area is 150 Å². The maximum Gasteiger partial charge on any atom is 0.222 e. The molecule has 0 aliphatic carbocycles. The van der Waals surface area contributed by atoms with Crippen LogP contribution in [-0.4, -0.2) is 32.1 Å². The standard InChI is InChI=1S/C10H12O3.C9H9BrO/c1-12-10(13-2)9(11)8-6-4-3-5-7-8;1-7(11)9-4-2-8(6-10)3-5-9/h3-7,10H,1-2H3;2-5H,6H2,1H3. The quantitative estimate of drug-likeness (QED) is 0.418. The average molecular weight is 393 g/mol. The number of ketones is 2. The van der Waals surface area contributed by atoms with Gasteiger partial charge < -0.3 is 9.47 Å². The highest BCUT2D eigenvalue weighted by molar-refractivity contribution is 9.08. The van der Waals surface area contributed by atoms with Crippen molar-refractivity contribution in [3.8, 4) is 0 Å². The molecule has 5 heteroatoms. The summed E-state index contributed by atoms with van der Waals surface area (Å²) in [5, 5.41) is 0.838. The Hall–Kier alpha value is -1.82. The van der Waals surface area contributed by atoms with Crippen LogP contribution in [0.2, 0.25) is 0 Å².